The fraction of sp³-hybridized carbons (Fsp3) is 0.360. The third kappa shape index (κ3) is 6.87. The molecule has 2 N–H and O–H groups in total. The van der Waals surface area contributed by atoms with Crippen LogP contribution in [0.15, 0.2) is 41.2 Å². The van der Waals surface area contributed by atoms with Crippen LogP contribution in [-0.4, -0.2) is 63.0 Å². The van der Waals surface area contributed by atoms with E-state index in [2.05, 4.69) is 15.2 Å². The van der Waals surface area contributed by atoms with Crippen molar-refractivity contribution in [3.05, 3.63) is 85.0 Å². The highest BCUT2D eigenvalue weighted by molar-refractivity contribution is 6.42. The van der Waals surface area contributed by atoms with E-state index in [0.29, 0.717) is 17.7 Å². The number of aromatic amines is 2. The highest BCUT2D eigenvalue weighted by Gasteiger charge is 2.40. The predicted octanol–water partition coefficient (Wildman–Crippen LogP) is 5.14. The summed E-state index contributed by atoms with van der Waals surface area (Å²) < 4.78 is 80.4. The number of H-pyrrole nitrogens is 2. The minimum absolute atomic E-state index is 0.0180. The van der Waals surface area contributed by atoms with Gasteiger partial charge in [-0.05, 0) is 42.3 Å². The minimum atomic E-state index is -5.12. The Morgan fingerprint density at radius 3 is 2.20 bits per heavy atom. The average molecular weight is 624 g/mol. The molecule has 0 saturated carbocycles. The first-order valence-corrected chi connectivity index (χ1v) is 12.7. The summed E-state index contributed by atoms with van der Waals surface area (Å²) in [4.78, 5) is 42.6. The number of likely N-dealkylation sites (N-methyl/N-ethyl adjacent to an activating group) is 1. The number of carbonyl (C=O) groups is 2. The number of amides is 2. The molecule has 1 aliphatic rings. The molecule has 0 aliphatic carbocycles. The Hall–Kier alpha value is -3.52. The summed E-state index contributed by atoms with van der Waals surface area (Å²) in [5, 5.41) is 6.26. The molecule has 8 nitrogen and oxygen atoms in total. The quantitative estimate of drug-likeness (QED) is 0.384. The summed E-state index contributed by atoms with van der Waals surface area (Å²) >= 11 is 12.2. The lowest BCUT2D eigenvalue weighted by Gasteiger charge is -2.43. The molecular weight excluding hydrogens is 603 g/mol. The van der Waals surface area contributed by atoms with Crippen LogP contribution >= 0.6 is 23.2 Å². The fourth-order valence-electron chi connectivity index (χ4n) is 4.78. The van der Waals surface area contributed by atoms with Gasteiger partial charge in [0.25, 0.3) is 5.91 Å². The van der Waals surface area contributed by atoms with Gasteiger partial charge in [0, 0.05) is 37.7 Å². The van der Waals surface area contributed by atoms with Crippen molar-refractivity contribution in [1.29, 1.82) is 0 Å². The van der Waals surface area contributed by atoms with E-state index in [0.717, 1.165) is 4.90 Å². The molecule has 0 unspecified atom stereocenters. The zero-order chi connectivity index (χ0) is 30.3. The topological polar surface area (TPSA) is 102 Å². The van der Waals surface area contributed by atoms with Crippen molar-refractivity contribution in [3.8, 4) is 0 Å². The molecule has 2 amide bonds. The maximum Gasteiger partial charge on any atom is 0.416 e. The van der Waals surface area contributed by atoms with Gasteiger partial charge in [-0.25, -0.2) is 9.89 Å². The number of aromatic nitrogens is 3. The molecule has 3 aromatic rings. The summed E-state index contributed by atoms with van der Waals surface area (Å²) in [5.41, 5.74) is -4.06. The number of alkyl halides is 6. The summed E-state index contributed by atoms with van der Waals surface area (Å²) in [6.07, 6.45) is -10.4. The number of piperidine rings is 1. The number of likely N-dealkylation sites (tertiary alicyclic amines) is 1. The van der Waals surface area contributed by atoms with Crippen molar-refractivity contribution in [1.82, 2.24) is 25.0 Å². The van der Waals surface area contributed by atoms with Crippen LogP contribution in [0.25, 0.3) is 0 Å². The largest absolute Gasteiger partial charge is 0.416 e. The van der Waals surface area contributed by atoms with Crippen LogP contribution in [-0.2, 0) is 23.6 Å². The number of nitrogens with one attached hydrogen (secondary N) is 2. The highest BCUT2D eigenvalue weighted by atomic mass is 35.5. The van der Waals surface area contributed by atoms with Gasteiger partial charge >= 0.3 is 18.0 Å². The first kappa shape index (κ1) is 30.4. The number of hydrogen-bond donors (Lipinski definition) is 2. The molecule has 4 rings (SSSR count). The average Bonchev–Trinajstić information content (AvgIpc) is 3.32. The molecule has 1 aliphatic heterocycles. The van der Waals surface area contributed by atoms with Crippen molar-refractivity contribution in [2.75, 3.05) is 20.1 Å². The van der Waals surface area contributed by atoms with Crippen molar-refractivity contribution >= 4 is 35.0 Å². The fourth-order valence-corrected chi connectivity index (χ4v) is 5.08. The van der Waals surface area contributed by atoms with Crippen LogP contribution in [0, 0.1) is 0 Å². The van der Waals surface area contributed by atoms with Gasteiger partial charge in [-0.3, -0.25) is 14.6 Å². The molecule has 16 heteroatoms. The summed E-state index contributed by atoms with van der Waals surface area (Å²) in [6.45, 7) is 0.119. The Kier molecular flexibility index (Phi) is 8.46. The summed E-state index contributed by atoms with van der Waals surface area (Å²) in [6, 6.07) is 4.58. The third-order valence-electron chi connectivity index (χ3n) is 6.82. The van der Waals surface area contributed by atoms with Crippen LogP contribution in [0.5, 0.6) is 0 Å². The Morgan fingerprint density at radius 2 is 1.66 bits per heavy atom. The second-order valence-corrected chi connectivity index (χ2v) is 10.3. The summed E-state index contributed by atoms with van der Waals surface area (Å²) in [5.74, 6) is -2.02. The van der Waals surface area contributed by atoms with Gasteiger partial charge in [-0.1, -0.05) is 29.3 Å². The number of carbonyl (C=O) groups excluding carboxylic acids is 2. The molecule has 2 atom stereocenters. The number of benzene rings is 2. The van der Waals surface area contributed by atoms with E-state index in [1.807, 2.05) is 0 Å². The molecular formula is C25H21Cl2F6N5O3. The first-order valence-electron chi connectivity index (χ1n) is 12.0. The summed E-state index contributed by atoms with van der Waals surface area (Å²) in [7, 11) is 1.27. The number of rotatable bonds is 5. The number of nitrogens with zero attached hydrogens (tertiary/aromatic N) is 3. The third-order valence-corrected chi connectivity index (χ3v) is 7.56. The molecule has 0 bridgehead atoms. The monoisotopic (exact) mass is 623 g/mol. The van der Waals surface area contributed by atoms with E-state index < -0.39 is 58.5 Å². The molecule has 41 heavy (non-hydrogen) atoms. The zero-order valence-electron chi connectivity index (χ0n) is 21.0. The highest BCUT2D eigenvalue weighted by Crippen LogP contribution is 2.38. The van der Waals surface area contributed by atoms with Crippen LogP contribution in [0.3, 0.4) is 0 Å². The van der Waals surface area contributed by atoms with Crippen molar-refractivity contribution in [2.45, 2.75) is 37.2 Å². The van der Waals surface area contributed by atoms with E-state index in [1.54, 1.807) is 6.07 Å². The van der Waals surface area contributed by atoms with Crippen LogP contribution in [0.2, 0.25) is 10.0 Å². The lowest BCUT2D eigenvalue weighted by atomic mass is 9.84. The minimum Gasteiger partial charge on any atom is -0.342 e. The van der Waals surface area contributed by atoms with E-state index in [4.69, 9.17) is 23.2 Å². The second kappa shape index (κ2) is 11.4. The SMILES string of the molecule is CN(C(=O)c1cc(C(F)(F)F)cc(C(F)(F)F)c1)[C@@H]1CCN(C(=O)Cc2n[nH]c(=O)[nH]2)C[C@H]1c1ccc(Cl)c(Cl)c1. The number of hydrogen-bond acceptors (Lipinski definition) is 4. The van der Waals surface area contributed by atoms with Crippen molar-refractivity contribution < 1.29 is 35.9 Å². The normalized spacial score (nSPS) is 17.9. The van der Waals surface area contributed by atoms with Gasteiger partial charge in [0.05, 0.1) is 27.6 Å². The Labute approximate surface area is 238 Å². The molecule has 0 radical (unpaired) electrons. The van der Waals surface area contributed by atoms with E-state index >= 15 is 0 Å². The standard InChI is InChI=1S/C25H21Cl2F6N5O3/c1-37(22(40)13-6-14(24(28,29)30)9-15(7-13)25(31,32)33)19-4-5-38(21(39)10-20-34-23(41)36-35-20)11-16(19)12-2-3-17(26)18(27)8-12/h2-3,6-9,16,19H,4-5,10-11H2,1H3,(H2,34,35,36,41)/t16-,19+/m0/s1. The van der Waals surface area contributed by atoms with Crippen molar-refractivity contribution in [3.63, 3.8) is 0 Å². The maximum absolute atomic E-state index is 13.4. The van der Waals surface area contributed by atoms with Crippen LogP contribution < -0.4 is 5.69 Å². The van der Waals surface area contributed by atoms with Crippen LogP contribution in [0.4, 0.5) is 26.3 Å². The van der Waals surface area contributed by atoms with Gasteiger partial charge in [0.15, 0.2) is 0 Å². The zero-order valence-corrected chi connectivity index (χ0v) is 22.5. The molecule has 220 valence electrons. The maximum atomic E-state index is 13.4. The molecule has 1 fully saturated rings. The van der Waals surface area contributed by atoms with Crippen molar-refractivity contribution in [2.24, 2.45) is 0 Å². The Balaban J connectivity index is 1.67. The molecule has 0 spiro atoms. The molecule has 1 saturated heterocycles. The van der Waals surface area contributed by atoms with Gasteiger partial charge < -0.3 is 9.80 Å². The Morgan fingerprint density at radius 1 is 1.02 bits per heavy atom. The first-order chi connectivity index (χ1) is 19.0. The van der Waals surface area contributed by atoms with Gasteiger partial charge in [-0.15, -0.1) is 0 Å². The molecule has 2 heterocycles. The van der Waals surface area contributed by atoms with Gasteiger partial charge in [0.1, 0.15) is 5.82 Å². The van der Waals surface area contributed by atoms with E-state index in [1.165, 1.54) is 24.1 Å². The van der Waals surface area contributed by atoms with E-state index in [9.17, 15) is 40.7 Å². The predicted molar refractivity (Wildman–Crippen MR) is 136 cm³/mol. The lowest BCUT2D eigenvalue weighted by molar-refractivity contribution is -0.143. The molecule has 1 aromatic heterocycles. The molecule has 2 aromatic carbocycles. The van der Waals surface area contributed by atoms with Crippen LogP contribution in [0.1, 0.15) is 45.2 Å². The smallest absolute Gasteiger partial charge is 0.342 e. The number of halogens is 8. The van der Waals surface area contributed by atoms with Gasteiger partial charge in [0.2, 0.25) is 5.91 Å². The van der Waals surface area contributed by atoms with Gasteiger partial charge in [-0.2, -0.15) is 31.4 Å². The second-order valence-electron chi connectivity index (χ2n) is 9.49. The lowest BCUT2D eigenvalue weighted by Crippen LogP contribution is -2.52. The van der Waals surface area contributed by atoms with E-state index in [-0.39, 0.29) is 47.9 Å². The Bertz CT molecular complexity index is 1490.